The lowest BCUT2D eigenvalue weighted by Crippen LogP contribution is -2.36. The summed E-state index contributed by atoms with van der Waals surface area (Å²) in [7, 11) is 0. The SMILES string of the molecule is CC(C)(C)[C@@H](NC(=O)c1ccn2cncc2c1)c1ccccc1. The second kappa shape index (κ2) is 5.88. The van der Waals surface area contributed by atoms with Gasteiger partial charge < -0.3 is 9.72 Å². The Hall–Kier alpha value is -2.62. The summed E-state index contributed by atoms with van der Waals surface area (Å²) in [5.74, 6) is -0.0718. The Morgan fingerprint density at radius 3 is 2.61 bits per heavy atom. The number of amides is 1. The smallest absolute Gasteiger partial charge is 0.251 e. The van der Waals surface area contributed by atoms with Crippen LogP contribution in [0.15, 0.2) is 61.2 Å². The van der Waals surface area contributed by atoms with E-state index in [9.17, 15) is 4.79 Å². The van der Waals surface area contributed by atoms with Crippen molar-refractivity contribution < 1.29 is 4.79 Å². The molecule has 3 aromatic rings. The zero-order valence-electron chi connectivity index (χ0n) is 13.7. The van der Waals surface area contributed by atoms with Gasteiger partial charge in [-0.05, 0) is 23.1 Å². The van der Waals surface area contributed by atoms with Crippen LogP contribution in [-0.4, -0.2) is 15.3 Å². The van der Waals surface area contributed by atoms with Gasteiger partial charge in [0.2, 0.25) is 0 Å². The summed E-state index contributed by atoms with van der Waals surface area (Å²) in [5, 5.41) is 3.18. The van der Waals surface area contributed by atoms with Crippen molar-refractivity contribution >= 4 is 11.4 Å². The fraction of sp³-hybridized carbons (Fsp3) is 0.263. The number of hydrogen-bond acceptors (Lipinski definition) is 2. The number of nitrogens with zero attached hydrogens (tertiary/aromatic N) is 2. The molecule has 3 rings (SSSR count). The molecule has 0 radical (unpaired) electrons. The highest BCUT2D eigenvalue weighted by Gasteiger charge is 2.28. The molecule has 0 aliphatic heterocycles. The molecule has 118 valence electrons. The van der Waals surface area contributed by atoms with Crippen LogP contribution in [-0.2, 0) is 0 Å². The van der Waals surface area contributed by atoms with Crippen LogP contribution in [0, 0.1) is 5.41 Å². The molecule has 0 aliphatic rings. The van der Waals surface area contributed by atoms with Crippen LogP contribution in [0.2, 0.25) is 0 Å². The third-order valence-electron chi connectivity index (χ3n) is 3.95. The molecule has 0 bridgehead atoms. The first-order chi connectivity index (χ1) is 10.9. The summed E-state index contributed by atoms with van der Waals surface area (Å²) >= 11 is 0. The van der Waals surface area contributed by atoms with Gasteiger partial charge in [-0.25, -0.2) is 4.98 Å². The highest BCUT2D eigenvalue weighted by Crippen LogP contribution is 2.32. The first-order valence-electron chi connectivity index (χ1n) is 7.73. The molecular formula is C19H21N3O. The van der Waals surface area contributed by atoms with Gasteiger partial charge in [0.25, 0.3) is 5.91 Å². The van der Waals surface area contributed by atoms with Crippen molar-refractivity contribution in [2.24, 2.45) is 5.41 Å². The van der Waals surface area contributed by atoms with Crippen LogP contribution in [0.25, 0.3) is 5.52 Å². The number of carbonyl (C=O) groups is 1. The Morgan fingerprint density at radius 1 is 1.17 bits per heavy atom. The van der Waals surface area contributed by atoms with E-state index >= 15 is 0 Å². The molecule has 0 saturated carbocycles. The molecule has 0 saturated heterocycles. The van der Waals surface area contributed by atoms with Gasteiger partial charge >= 0.3 is 0 Å². The zero-order valence-corrected chi connectivity index (χ0v) is 13.7. The van der Waals surface area contributed by atoms with Crippen LogP contribution < -0.4 is 5.32 Å². The number of fused-ring (bicyclic) bond motifs is 1. The highest BCUT2D eigenvalue weighted by atomic mass is 16.1. The molecule has 0 unspecified atom stereocenters. The molecule has 1 N–H and O–H groups in total. The van der Waals surface area contributed by atoms with Crippen molar-refractivity contribution in [1.82, 2.24) is 14.7 Å². The highest BCUT2D eigenvalue weighted by molar-refractivity contribution is 5.95. The molecule has 4 heteroatoms. The van der Waals surface area contributed by atoms with Gasteiger partial charge in [0.05, 0.1) is 24.1 Å². The summed E-state index contributed by atoms with van der Waals surface area (Å²) in [5.41, 5.74) is 2.57. The lowest BCUT2D eigenvalue weighted by atomic mass is 9.82. The number of hydrogen-bond donors (Lipinski definition) is 1. The van der Waals surface area contributed by atoms with Crippen LogP contribution in [0.5, 0.6) is 0 Å². The summed E-state index contributed by atoms with van der Waals surface area (Å²) < 4.78 is 1.88. The number of benzene rings is 1. The van der Waals surface area contributed by atoms with Crippen LogP contribution >= 0.6 is 0 Å². The predicted octanol–water partition coefficient (Wildman–Crippen LogP) is 3.85. The van der Waals surface area contributed by atoms with Crippen molar-refractivity contribution in [3.63, 3.8) is 0 Å². The summed E-state index contributed by atoms with van der Waals surface area (Å²) in [4.78, 5) is 16.8. The number of nitrogens with one attached hydrogen (secondary N) is 1. The molecule has 1 atom stereocenters. The van der Waals surface area contributed by atoms with E-state index in [0.29, 0.717) is 5.56 Å². The maximum absolute atomic E-state index is 12.7. The summed E-state index contributed by atoms with van der Waals surface area (Å²) in [6, 6.07) is 13.7. The molecule has 23 heavy (non-hydrogen) atoms. The van der Waals surface area contributed by atoms with Crippen molar-refractivity contribution in [2.45, 2.75) is 26.8 Å². The molecule has 1 amide bonds. The number of carbonyl (C=O) groups excluding carboxylic acids is 1. The van der Waals surface area contributed by atoms with E-state index in [4.69, 9.17) is 0 Å². The Bertz CT molecular complexity index is 815. The fourth-order valence-electron chi connectivity index (χ4n) is 2.72. The number of aromatic nitrogens is 2. The minimum Gasteiger partial charge on any atom is -0.345 e. The quantitative estimate of drug-likeness (QED) is 0.799. The van der Waals surface area contributed by atoms with Gasteiger partial charge in [0, 0.05) is 11.8 Å². The maximum atomic E-state index is 12.7. The minimum absolute atomic E-state index is 0.0580. The Labute approximate surface area is 136 Å². The van der Waals surface area contributed by atoms with Crippen molar-refractivity contribution in [3.8, 4) is 0 Å². The summed E-state index contributed by atoms with van der Waals surface area (Å²) in [6.45, 7) is 6.39. The molecule has 2 heterocycles. The summed E-state index contributed by atoms with van der Waals surface area (Å²) in [6.07, 6.45) is 5.32. The number of imidazole rings is 1. The van der Waals surface area contributed by atoms with E-state index in [0.717, 1.165) is 11.1 Å². The van der Waals surface area contributed by atoms with E-state index in [1.807, 2.05) is 40.9 Å². The lowest BCUT2D eigenvalue weighted by molar-refractivity contribution is 0.0901. The van der Waals surface area contributed by atoms with Gasteiger partial charge in [-0.15, -0.1) is 0 Å². The maximum Gasteiger partial charge on any atom is 0.251 e. The predicted molar refractivity (Wildman–Crippen MR) is 91.3 cm³/mol. The molecule has 0 spiro atoms. The average molecular weight is 307 g/mol. The third-order valence-corrected chi connectivity index (χ3v) is 3.95. The molecule has 0 fully saturated rings. The topological polar surface area (TPSA) is 46.4 Å². The third kappa shape index (κ3) is 3.26. The Morgan fingerprint density at radius 2 is 1.91 bits per heavy atom. The monoisotopic (exact) mass is 307 g/mol. The average Bonchev–Trinajstić information content (AvgIpc) is 2.99. The molecule has 1 aromatic carbocycles. The fourth-order valence-corrected chi connectivity index (χ4v) is 2.72. The standard InChI is InChI=1S/C19H21N3O/c1-19(2,3)17(14-7-5-4-6-8-14)21-18(23)15-9-10-22-13-20-12-16(22)11-15/h4-13,17H,1-3H3,(H,21,23)/t17-/m0/s1. The van der Waals surface area contributed by atoms with Gasteiger partial charge in [-0.1, -0.05) is 51.1 Å². The number of rotatable bonds is 3. The Kier molecular flexibility index (Phi) is 3.90. The van der Waals surface area contributed by atoms with E-state index in [-0.39, 0.29) is 17.4 Å². The van der Waals surface area contributed by atoms with Crippen molar-refractivity contribution in [1.29, 1.82) is 0 Å². The van der Waals surface area contributed by atoms with Gasteiger partial charge in [-0.2, -0.15) is 0 Å². The molecule has 4 nitrogen and oxygen atoms in total. The van der Waals surface area contributed by atoms with Crippen LogP contribution in [0.4, 0.5) is 0 Å². The second-order valence-electron chi connectivity index (χ2n) is 6.82. The second-order valence-corrected chi connectivity index (χ2v) is 6.82. The minimum atomic E-state index is -0.0856. The molecule has 2 aromatic heterocycles. The van der Waals surface area contributed by atoms with Crippen molar-refractivity contribution in [2.75, 3.05) is 0 Å². The first kappa shape index (κ1) is 15.3. The van der Waals surface area contributed by atoms with E-state index < -0.39 is 0 Å². The Balaban J connectivity index is 1.88. The largest absolute Gasteiger partial charge is 0.345 e. The molecular weight excluding hydrogens is 286 g/mol. The van der Waals surface area contributed by atoms with Gasteiger partial charge in [-0.3, -0.25) is 4.79 Å². The van der Waals surface area contributed by atoms with E-state index in [1.165, 1.54) is 0 Å². The zero-order chi connectivity index (χ0) is 16.4. The van der Waals surface area contributed by atoms with E-state index in [1.54, 1.807) is 12.5 Å². The van der Waals surface area contributed by atoms with Gasteiger partial charge in [0.1, 0.15) is 0 Å². The molecule has 0 aliphatic carbocycles. The lowest BCUT2D eigenvalue weighted by Gasteiger charge is -2.32. The first-order valence-corrected chi connectivity index (χ1v) is 7.73. The van der Waals surface area contributed by atoms with Crippen molar-refractivity contribution in [3.05, 3.63) is 72.3 Å². The van der Waals surface area contributed by atoms with E-state index in [2.05, 4.69) is 43.2 Å². The van der Waals surface area contributed by atoms with Crippen LogP contribution in [0.1, 0.15) is 42.7 Å². The normalized spacial score (nSPS) is 13.0. The number of pyridine rings is 1. The van der Waals surface area contributed by atoms with Crippen LogP contribution in [0.3, 0.4) is 0 Å². The van der Waals surface area contributed by atoms with Gasteiger partial charge in [0.15, 0.2) is 0 Å².